The monoisotopic (exact) mass is 265 g/mol. The molecule has 20 heavy (non-hydrogen) atoms. The zero-order valence-electron chi connectivity index (χ0n) is 12.7. The van der Waals surface area contributed by atoms with E-state index in [0.717, 1.165) is 23.5 Å². The van der Waals surface area contributed by atoms with Crippen molar-refractivity contribution in [2.24, 2.45) is 5.41 Å². The van der Waals surface area contributed by atoms with Gasteiger partial charge in [-0.15, -0.1) is 0 Å². The van der Waals surface area contributed by atoms with Crippen molar-refractivity contribution in [3.05, 3.63) is 78.7 Å². The molecule has 1 aromatic rings. The van der Waals surface area contributed by atoms with Crippen LogP contribution in [0.1, 0.15) is 27.2 Å². The Morgan fingerprint density at radius 2 is 1.85 bits per heavy atom. The molecule has 0 N–H and O–H groups in total. The normalized spacial score (nSPS) is 18.8. The summed E-state index contributed by atoms with van der Waals surface area (Å²) in [6.45, 7) is 14.9. The smallest absolute Gasteiger partial charge is 0.0489 e. The Balaban J connectivity index is 2.65. The van der Waals surface area contributed by atoms with E-state index in [2.05, 4.69) is 75.2 Å². The van der Waals surface area contributed by atoms with E-state index in [4.69, 9.17) is 0 Å². The van der Waals surface area contributed by atoms with Crippen LogP contribution in [0.2, 0.25) is 0 Å². The van der Waals surface area contributed by atoms with E-state index < -0.39 is 0 Å². The van der Waals surface area contributed by atoms with E-state index in [1.807, 2.05) is 12.1 Å². The molecule has 0 spiro atoms. The molecule has 0 aliphatic carbocycles. The third kappa shape index (κ3) is 2.49. The number of anilines is 1. The van der Waals surface area contributed by atoms with E-state index in [1.165, 1.54) is 5.57 Å². The predicted molar refractivity (Wildman–Crippen MR) is 88.5 cm³/mol. The van der Waals surface area contributed by atoms with Gasteiger partial charge in [0.2, 0.25) is 0 Å². The van der Waals surface area contributed by atoms with E-state index in [-0.39, 0.29) is 5.41 Å². The maximum Gasteiger partial charge on any atom is 0.0489 e. The number of nitrogens with zero attached hydrogens (tertiary/aromatic N) is 1. The first-order chi connectivity index (χ1) is 9.51. The van der Waals surface area contributed by atoms with Crippen molar-refractivity contribution in [1.82, 2.24) is 0 Å². The molecule has 0 saturated heterocycles. The third-order valence-electron chi connectivity index (χ3n) is 3.75. The van der Waals surface area contributed by atoms with Crippen molar-refractivity contribution in [2.75, 3.05) is 4.90 Å². The summed E-state index contributed by atoms with van der Waals surface area (Å²) in [6, 6.07) is 10.4. The quantitative estimate of drug-likeness (QED) is 0.702. The van der Waals surface area contributed by atoms with Gasteiger partial charge in [-0.25, -0.2) is 0 Å². The van der Waals surface area contributed by atoms with Crippen molar-refractivity contribution < 1.29 is 0 Å². The molecule has 1 aliphatic heterocycles. The van der Waals surface area contributed by atoms with Crippen LogP contribution in [-0.2, 0) is 0 Å². The van der Waals surface area contributed by atoms with E-state index in [1.54, 1.807) is 0 Å². The van der Waals surface area contributed by atoms with Crippen molar-refractivity contribution >= 4 is 5.69 Å². The predicted octanol–water partition coefficient (Wildman–Crippen LogP) is 5.45. The summed E-state index contributed by atoms with van der Waals surface area (Å²) >= 11 is 0. The minimum atomic E-state index is 0.0817. The molecule has 2 rings (SSSR count). The van der Waals surface area contributed by atoms with Gasteiger partial charge in [-0.2, -0.15) is 0 Å². The van der Waals surface area contributed by atoms with Crippen LogP contribution in [0, 0.1) is 5.41 Å². The van der Waals surface area contributed by atoms with Gasteiger partial charge in [0.1, 0.15) is 0 Å². The van der Waals surface area contributed by atoms with Gasteiger partial charge >= 0.3 is 0 Å². The first kappa shape index (κ1) is 14.4. The lowest BCUT2D eigenvalue weighted by atomic mass is 9.75. The molecule has 0 aromatic heterocycles. The van der Waals surface area contributed by atoms with Gasteiger partial charge in [0.15, 0.2) is 0 Å². The number of hydrogen-bond acceptors (Lipinski definition) is 1. The second-order valence-corrected chi connectivity index (χ2v) is 5.80. The van der Waals surface area contributed by atoms with E-state index >= 15 is 0 Å². The van der Waals surface area contributed by atoms with Gasteiger partial charge < -0.3 is 4.90 Å². The number of benzene rings is 1. The molecule has 1 heteroatoms. The Labute approximate surface area is 122 Å². The Kier molecular flexibility index (Phi) is 3.99. The number of hydrogen-bond donors (Lipinski definition) is 0. The van der Waals surface area contributed by atoms with Crippen LogP contribution in [0.4, 0.5) is 5.69 Å². The number of allylic oxidation sites excluding steroid dienone is 5. The maximum absolute atomic E-state index is 4.28. The molecule has 0 saturated carbocycles. The van der Waals surface area contributed by atoms with Crippen LogP contribution in [-0.4, -0.2) is 0 Å². The SMILES string of the molecule is C=CC1=C(/C=C\C)C(C)(C)CC(=C)N1c1ccccc1. The molecular weight excluding hydrogens is 242 g/mol. The molecule has 1 nitrogen and oxygen atoms in total. The summed E-state index contributed by atoms with van der Waals surface area (Å²) < 4.78 is 0. The van der Waals surface area contributed by atoms with Gasteiger partial charge in [-0.05, 0) is 42.5 Å². The van der Waals surface area contributed by atoms with Crippen LogP contribution in [0.3, 0.4) is 0 Å². The average Bonchev–Trinajstić information content (AvgIpc) is 2.41. The fourth-order valence-corrected chi connectivity index (χ4v) is 2.90. The third-order valence-corrected chi connectivity index (χ3v) is 3.75. The number of rotatable bonds is 3. The number of para-hydroxylation sites is 1. The molecule has 0 amide bonds. The minimum Gasteiger partial charge on any atom is -0.315 e. The summed E-state index contributed by atoms with van der Waals surface area (Å²) in [7, 11) is 0. The maximum atomic E-state index is 4.28. The van der Waals surface area contributed by atoms with Crippen LogP contribution in [0.5, 0.6) is 0 Å². The van der Waals surface area contributed by atoms with E-state index in [9.17, 15) is 0 Å². The van der Waals surface area contributed by atoms with Crippen molar-refractivity contribution in [3.63, 3.8) is 0 Å². The van der Waals surface area contributed by atoms with Crippen molar-refractivity contribution in [1.29, 1.82) is 0 Å². The minimum absolute atomic E-state index is 0.0817. The lowest BCUT2D eigenvalue weighted by molar-refractivity contribution is 0.431. The van der Waals surface area contributed by atoms with Crippen LogP contribution in [0.25, 0.3) is 0 Å². The molecule has 1 aliphatic rings. The summed E-state index contributed by atoms with van der Waals surface area (Å²) in [5.74, 6) is 0. The molecule has 104 valence electrons. The van der Waals surface area contributed by atoms with Crippen molar-refractivity contribution in [2.45, 2.75) is 27.2 Å². The average molecular weight is 265 g/mol. The fraction of sp³-hybridized carbons (Fsp3) is 0.263. The zero-order chi connectivity index (χ0) is 14.8. The summed E-state index contributed by atoms with van der Waals surface area (Å²) in [6.07, 6.45) is 7.17. The van der Waals surface area contributed by atoms with Gasteiger partial charge in [0, 0.05) is 17.1 Å². The van der Waals surface area contributed by atoms with Crippen molar-refractivity contribution in [3.8, 4) is 0 Å². The van der Waals surface area contributed by atoms with E-state index in [0.29, 0.717) is 0 Å². The molecule has 1 heterocycles. The topological polar surface area (TPSA) is 3.24 Å². The first-order valence-corrected chi connectivity index (χ1v) is 7.04. The Hall–Kier alpha value is -2.02. The highest BCUT2D eigenvalue weighted by molar-refractivity contribution is 5.64. The molecule has 0 bridgehead atoms. The molecule has 0 atom stereocenters. The van der Waals surface area contributed by atoms with Gasteiger partial charge in [-0.3, -0.25) is 0 Å². The van der Waals surface area contributed by atoms with Gasteiger partial charge in [0.25, 0.3) is 0 Å². The second kappa shape index (κ2) is 5.54. The van der Waals surface area contributed by atoms with Gasteiger partial charge in [0.05, 0.1) is 0 Å². The van der Waals surface area contributed by atoms with Crippen LogP contribution >= 0.6 is 0 Å². The Morgan fingerprint density at radius 1 is 1.20 bits per heavy atom. The summed E-state index contributed by atoms with van der Waals surface area (Å²) in [4.78, 5) is 2.22. The molecule has 0 radical (unpaired) electrons. The van der Waals surface area contributed by atoms with Crippen LogP contribution in [0.15, 0.2) is 78.7 Å². The molecular formula is C19H23N. The Bertz CT molecular complexity index is 573. The second-order valence-electron chi connectivity index (χ2n) is 5.80. The molecule has 0 fully saturated rings. The first-order valence-electron chi connectivity index (χ1n) is 7.04. The standard InChI is InChI=1S/C19H23N/c1-6-11-17-18(7-2)20(15(3)14-19(17,4)5)16-12-9-8-10-13-16/h6-13H,2-3,14H2,1,4-5H3/b11-6-. The molecule has 0 unspecified atom stereocenters. The van der Waals surface area contributed by atoms with Crippen LogP contribution < -0.4 is 4.90 Å². The molecule has 1 aromatic carbocycles. The highest BCUT2D eigenvalue weighted by Crippen LogP contribution is 2.45. The summed E-state index contributed by atoms with van der Waals surface area (Å²) in [5, 5.41) is 0. The highest BCUT2D eigenvalue weighted by atomic mass is 15.2. The Morgan fingerprint density at radius 3 is 2.40 bits per heavy atom. The highest BCUT2D eigenvalue weighted by Gasteiger charge is 2.33. The lowest BCUT2D eigenvalue weighted by Crippen LogP contribution is -2.33. The van der Waals surface area contributed by atoms with Gasteiger partial charge in [-0.1, -0.05) is 57.4 Å². The fourth-order valence-electron chi connectivity index (χ4n) is 2.90. The summed E-state index contributed by atoms with van der Waals surface area (Å²) in [5.41, 5.74) is 4.79. The zero-order valence-corrected chi connectivity index (χ0v) is 12.7. The lowest BCUT2D eigenvalue weighted by Gasteiger charge is -2.42. The largest absolute Gasteiger partial charge is 0.315 e.